The summed E-state index contributed by atoms with van der Waals surface area (Å²) in [6.07, 6.45) is 0. The lowest BCUT2D eigenvalue weighted by Crippen LogP contribution is -2.18. The highest BCUT2D eigenvalue weighted by molar-refractivity contribution is 5.64. The van der Waals surface area contributed by atoms with Crippen LogP contribution >= 0.6 is 0 Å². The molecular weight excluding hydrogens is 260 g/mol. The third-order valence-electron chi connectivity index (χ3n) is 3.62. The first-order valence-corrected chi connectivity index (χ1v) is 7.17. The number of anilines is 3. The van der Waals surface area contributed by atoms with Gasteiger partial charge in [0.1, 0.15) is 17.5 Å². The topological polar surface area (TPSA) is 63.8 Å². The maximum Gasteiger partial charge on any atom is 0.139 e. The van der Waals surface area contributed by atoms with E-state index in [0.717, 1.165) is 22.9 Å². The Bertz CT molecular complexity index is 669. The quantitative estimate of drug-likeness (QED) is 0.874. The second-order valence-electron chi connectivity index (χ2n) is 6.58. The van der Waals surface area contributed by atoms with Crippen LogP contribution in [-0.2, 0) is 5.41 Å². The molecule has 0 unspecified atom stereocenters. The van der Waals surface area contributed by atoms with Gasteiger partial charge in [-0.3, -0.25) is 0 Å². The van der Waals surface area contributed by atoms with E-state index in [0.29, 0.717) is 5.82 Å². The van der Waals surface area contributed by atoms with E-state index in [1.54, 1.807) is 0 Å². The molecule has 112 valence electrons. The molecule has 1 heterocycles. The molecule has 0 amide bonds. The molecule has 0 spiro atoms. The average Bonchev–Trinajstić information content (AvgIpc) is 2.38. The first-order valence-electron chi connectivity index (χ1n) is 7.17. The van der Waals surface area contributed by atoms with Crippen molar-refractivity contribution in [1.29, 1.82) is 0 Å². The maximum atomic E-state index is 6.03. The van der Waals surface area contributed by atoms with Gasteiger partial charge >= 0.3 is 0 Å². The third kappa shape index (κ3) is 3.32. The van der Waals surface area contributed by atoms with Gasteiger partial charge in [0, 0.05) is 16.7 Å². The SMILES string of the molecule is Cc1ccc(Nc2nc(C(C)(C)C)nc(N)c2C)cc1C. The number of nitrogens with one attached hydrogen (secondary N) is 1. The molecule has 3 N–H and O–H groups in total. The van der Waals surface area contributed by atoms with Gasteiger partial charge in [-0.2, -0.15) is 0 Å². The van der Waals surface area contributed by atoms with Crippen molar-refractivity contribution in [3.63, 3.8) is 0 Å². The number of aryl methyl sites for hydroxylation is 2. The Morgan fingerprint density at radius 3 is 2.24 bits per heavy atom. The third-order valence-corrected chi connectivity index (χ3v) is 3.62. The molecule has 0 atom stereocenters. The zero-order valence-electron chi connectivity index (χ0n) is 13.7. The van der Waals surface area contributed by atoms with Crippen LogP contribution in [0.25, 0.3) is 0 Å². The summed E-state index contributed by atoms with van der Waals surface area (Å²) in [4.78, 5) is 9.05. The van der Waals surface area contributed by atoms with E-state index in [4.69, 9.17) is 5.73 Å². The Morgan fingerprint density at radius 2 is 1.67 bits per heavy atom. The molecule has 0 bridgehead atoms. The van der Waals surface area contributed by atoms with Crippen LogP contribution in [0.3, 0.4) is 0 Å². The zero-order chi connectivity index (χ0) is 15.8. The minimum absolute atomic E-state index is 0.137. The smallest absolute Gasteiger partial charge is 0.139 e. The predicted octanol–water partition coefficient (Wildman–Crippen LogP) is 4.03. The lowest BCUT2D eigenvalue weighted by molar-refractivity contribution is 0.546. The Hall–Kier alpha value is -2.10. The predicted molar refractivity (Wildman–Crippen MR) is 89.1 cm³/mol. The van der Waals surface area contributed by atoms with Gasteiger partial charge in [-0.25, -0.2) is 9.97 Å². The largest absolute Gasteiger partial charge is 0.383 e. The minimum atomic E-state index is -0.137. The van der Waals surface area contributed by atoms with Gasteiger partial charge in [-0.05, 0) is 44.0 Å². The van der Waals surface area contributed by atoms with Crippen LogP contribution < -0.4 is 11.1 Å². The molecule has 0 saturated carbocycles. The van der Waals surface area contributed by atoms with E-state index in [-0.39, 0.29) is 5.41 Å². The molecule has 4 heteroatoms. The van der Waals surface area contributed by atoms with Crippen molar-refractivity contribution in [3.8, 4) is 0 Å². The molecule has 0 saturated heterocycles. The van der Waals surface area contributed by atoms with Crippen molar-refractivity contribution in [2.75, 3.05) is 11.1 Å². The summed E-state index contributed by atoms with van der Waals surface area (Å²) in [5.41, 5.74) is 10.3. The molecular formula is C17H24N4. The Labute approximate surface area is 126 Å². The van der Waals surface area contributed by atoms with Crippen LogP contribution in [0, 0.1) is 20.8 Å². The molecule has 1 aromatic heterocycles. The lowest BCUT2D eigenvalue weighted by atomic mass is 9.95. The Morgan fingerprint density at radius 1 is 1.00 bits per heavy atom. The number of hydrogen-bond donors (Lipinski definition) is 2. The fourth-order valence-corrected chi connectivity index (χ4v) is 1.95. The summed E-state index contributed by atoms with van der Waals surface area (Å²) in [6, 6.07) is 6.27. The van der Waals surface area contributed by atoms with E-state index in [9.17, 15) is 0 Å². The van der Waals surface area contributed by atoms with Gasteiger partial charge in [0.25, 0.3) is 0 Å². The van der Waals surface area contributed by atoms with Gasteiger partial charge in [-0.15, -0.1) is 0 Å². The van der Waals surface area contributed by atoms with Crippen LogP contribution in [0.5, 0.6) is 0 Å². The number of rotatable bonds is 2. The Balaban J connectivity index is 2.43. The minimum Gasteiger partial charge on any atom is -0.383 e. The first kappa shape index (κ1) is 15.3. The van der Waals surface area contributed by atoms with Crippen LogP contribution in [0.2, 0.25) is 0 Å². The van der Waals surface area contributed by atoms with E-state index in [1.165, 1.54) is 11.1 Å². The summed E-state index contributed by atoms with van der Waals surface area (Å²) >= 11 is 0. The summed E-state index contributed by atoms with van der Waals surface area (Å²) in [5.74, 6) is 2.05. The second kappa shape index (κ2) is 5.35. The molecule has 2 rings (SSSR count). The number of nitrogen functional groups attached to an aromatic ring is 1. The van der Waals surface area contributed by atoms with Crippen molar-refractivity contribution in [2.24, 2.45) is 0 Å². The number of nitrogens with two attached hydrogens (primary N) is 1. The highest BCUT2D eigenvalue weighted by Gasteiger charge is 2.20. The van der Waals surface area contributed by atoms with Gasteiger partial charge in [0.15, 0.2) is 0 Å². The molecule has 0 radical (unpaired) electrons. The van der Waals surface area contributed by atoms with Gasteiger partial charge < -0.3 is 11.1 Å². The Kier molecular flexibility index (Phi) is 3.90. The second-order valence-corrected chi connectivity index (χ2v) is 6.58. The summed E-state index contributed by atoms with van der Waals surface area (Å²) < 4.78 is 0. The van der Waals surface area contributed by atoms with Crippen LogP contribution in [0.15, 0.2) is 18.2 Å². The van der Waals surface area contributed by atoms with Crippen molar-refractivity contribution in [2.45, 2.75) is 47.0 Å². The zero-order valence-corrected chi connectivity index (χ0v) is 13.7. The molecule has 4 nitrogen and oxygen atoms in total. The maximum absolute atomic E-state index is 6.03. The van der Waals surface area contributed by atoms with Crippen molar-refractivity contribution < 1.29 is 0 Å². The molecule has 0 aliphatic carbocycles. The first-order chi connectivity index (χ1) is 9.68. The van der Waals surface area contributed by atoms with E-state index in [1.807, 2.05) is 6.92 Å². The number of aromatic nitrogens is 2. The van der Waals surface area contributed by atoms with E-state index in [2.05, 4.69) is 68.1 Å². The molecule has 21 heavy (non-hydrogen) atoms. The molecule has 0 aliphatic rings. The van der Waals surface area contributed by atoms with E-state index < -0.39 is 0 Å². The van der Waals surface area contributed by atoms with Crippen LogP contribution in [0.1, 0.15) is 43.3 Å². The summed E-state index contributed by atoms with van der Waals surface area (Å²) in [5, 5.41) is 3.36. The molecule has 1 aromatic carbocycles. The monoisotopic (exact) mass is 284 g/mol. The van der Waals surface area contributed by atoms with Crippen LogP contribution in [0.4, 0.5) is 17.3 Å². The summed E-state index contributed by atoms with van der Waals surface area (Å²) in [7, 11) is 0. The number of nitrogens with zero attached hydrogens (tertiary/aromatic N) is 2. The normalized spacial score (nSPS) is 11.5. The number of hydrogen-bond acceptors (Lipinski definition) is 4. The van der Waals surface area contributed by atoms with Crippen molar-refractivity contribution in [1.82, 2.24) is 9.97 Å². The van der Waals surface area contributed by atoms with E-state index >= 15 is 0 Å². The fraction of sp³-hybridized carbons (Fsp3) is 0.412. The standard InChI is InChI=1S/C17H24N4/c1-10-7-8-13(9-11(10)2)19-15-12(3)14(18)20-16(21-15)17(4,5)6/h7-9H,1-6H3,(H3,18,19,20,21). The fourth-order valence-electron chi connectivity index (χ4n) is 1.95. The average molecular weight is 284 g/mol. The highest BCUT2D eigenvalue weighted by Crippen LogP contribution is 2.27. The lowest BCUT2D eigenvalue weighted by Gasteiger charge is -2.20. The van der Waals surface area contributed by atoms with Crippen molar-refractivity contribution in [3.05, 3.63) is 40.7 Å². The summed E-state index contributed by atoms with van der Waals surface area (Å²) in [6.45, 7) is 12.4. The van der Waals surface area contributed by atoms with Crippen molar-refractivity contribution >= 4 is 17.3 Å². The van der Waals surface area contributed by atoms with Gasteiger partial charge in [0.2, 0.25) is 0 Å². The van der Waals surface area contributed by atoms with Gasteiger partial charge in [0.05, 0.1) is 0 Å². The van der Waals surface area contributed by atoms with Crippen LogP contribution in [-0.4, -0.2) is 9.97 Å². The van der Waals surface area contributed by atoms with Gasteiger partial charge in [-0.1, -0.05) is 26.8 Å². The molecule has 2 aromatic rings. The highest BCUT2D eigenvalue weighted by atomic mass is 15.1. The molecule has 0 aliphatic heterocycles. The number of benzene rings is 1. The molecule has 0 fully saturated rings.